The molecule has 3 fully saturated rings. The van der Waals surface area contributed by atoms with Crippen LogP contribution < -0.4 is 69.4 Å². The van der Waals surface area contributed by atoms with Crippen molar-refractivity contribution in [2.45, 2.75) is 107 Å². The molecule has 4 aromatic carbocycles. The van der Waals surface area contributed by atoms with Crippen LogP contribution in [0.2, 0.25) is 0 Å². The molecule has 3 atom stereocenters. The lowest BCUT2D eigenvalue weighted by Crippen LogP contribution is -2.55. The number of rotatable bonds is 30. The van der Waals surface area contributed by atoms with E-state index in [4.69, 9.17) is 29.9 Å². The highest BCUT2D eigenvalue weighted by Crippen LogP contribution is 2.44. The molecule has 11 N–H and O–H groups in total. The van der Waals surface area contributed by atoms with E-state index in [1.165, 1.54) is 17.9 Å². The molecule has 105 heavy (non-hydrogen) atoms. The molecule has 0 radical (unpaired) electrons. The minimum absolute atomic E-state index is 0.109. The number of nitrogens with two attached hydrogens (primary N) is 1. The number of anilines is 1. The first kappa shape index (κ1) is 74.8. The van der Waals surface area contributed by atoms with Gasteiger partial charge in [0.25, 0.3) is 11.1 Å². The summed E-state index contributed by atoms with van der Waals surface area (Å²) in [6, 6.07) is 30.6. The van der Waals surface area contributed by atoms with Crippen LogP contribution in [0, 0.1) is 11.8 Å². The SMILES string of the molecule is COc1ccc(C#CCNC2(C)CCN(C3CCN(c4nc([C@@](COCNC(=O)CNC(=O)[C@H](Cc5ccccc5)NC(=O)CNC(=O)CN)(OC5CC5)c5ccccc5)c5cc(-c6cn(C)c(=O)c7[nH]ccc67)ccc5n4)CC3)CC2)cc1-n1ccc(=O)n(CNC(=O)[C@H](CC(=O)O)NC(C)=O)c1=O. The predicted octanol–water partition coefficient (Wildman–Crippen LogP) is 1.75. The molecule has 550 valence electrons. The number of aryl methyl sites for hydroxylation is 1. The van der Waals surface area contributed by atoms with Gasteiger partial charge < -0.3 is 81.6 Å². The van der Waals surface area contributed by atoms with Gasteiger partial charge in [0.05, 0.1) is 69.3 Å². The van der Waals surface area contributed by atoms with Crippen molar-refractivity contribution < 1.29 is 52.9 Å². The Morgan fingerprint density at radius 1 is 0.790 bits per heavy atom. The number of H-pyrrole nitrogens is 1. The van der Waals surface area contributed by atoms with Gasteiger partial charge in [0.2, 0.25) is 41.4 Å². The molecule has 2 aliphatic heterocycles. The molecule has 4 aromatic heterocycles. The molecule has 1 saturated carbocycles. The minimum atomic E-state index is -1.44. The second-order valence-corrected chi connectivity index (χ2v) is 26.6. The van der Waals surface area contributed by atoms with Gasteiger partial charge in [-0.2, -0.15) is 0 Å². The molecular formula is C75H86N16O14. The summed E-state index contributed by atoms with van der Waals surface area (Å²) in [7, 11) is 3.15. The van der Waals surface area contributed by atoms with Crippen molar-refractivity contribution in [3.63, 3.8) is 0 Å². The number of amides is 6. The average Bonchev–Trinajstić information content (AvgIpc) is 1.58. The third-order valence-electron chi connectivity index (χ3n) is 19.1. The number of benzene rings is 4. The Kier molecular flexibility index (Phi) is 24.1. The summed E-state index contributed by atoms with van der Waals surface area (Å²) < 4.78 is 22.9. The molecule has 3 aliphatic rings. The fraction of sp³-hybridized carbons (Fsp3) is 0.387. The number of aromatic nitrogens is 6. The maximum atomic E-state index is 13.8. The Morgan fingerprint density at radius 2 is 1.51 bits per heavy atom. The van der Waals surface area contributed by atoms with Gasteiger partial charge >= 0.3 is 11.7 Å². The standard InChI is InChI=1S/C75H86N16O14/c1-47(92)83-59(39-66(97)98)70(100)80-45-91-65(96)26-33-90(73(91)102)60-37-49(17-22-61(60)103-4)14-11-29-82-74(2)27-34-88(35-28-74)52-24-31-89(32-25-52)72-85-57-21-18-50(56-43-87(3)71(101)67-54(56)23-30-77-67)38-55(57)68(86-72)75(105-53-19-20-53,51-15-9-6-10-16-51)44-104-46-81-63(94)41-79-69(99)58(36-48-12-7-5-8-13-48)84-64(95)42-78-62(93)40-76/h5-10,12-13,15-18,21-23,26,30,33,37-38,43,52-53,58-59,77,82H,19-20,24-25,27-29,31-32,34-36,39-42,44-46,76H2,1-4H3,(H,78,93)(H,79,99)(H,80,100)(H,81,94)(H,83,92)(H,84,95)(H,97,98)/t58-,59-,75-/m0/s1. The second-order valence-electron chi connectivity index (χ2n) is 26.6. The minimum Gasteiger partial charge on any atom is -0.495 e. The van der Waals surface area contributed by atoms with E-state index in [0.717, 1.165) is 96.8 Å². The number of methoxy groups -OCH3 is 1. The molecule has 0 spiro atoms. The zero-order valence-corrected chi connectivity index (χ0v) is 58.8. The number of ether oxygens (including phenoxy) is 3. The van der Waals surface area contributed by atoms with Crippen molar-refractivity contribution in [1.29, 1.82) is 0 Å². The van der Waals surface area contributed by atoms with Gasteiger partial charge in [-0.1, -0.05) is 78.6 Å². The number of pyridine rings is 1. The summed E-state index contributed by atoms with van der Waals surface area (Å²) in [5.41, 5.74) is 7.69. The lowest BCUT2D eigenvalue weighted by Gasteiger charge is -2.45. The van der Waals surface area contributed by atoms with Crippen molar-refractivity contribution in [2.75, 3.05) is 77.7 Å². The highest BCUT2D eigenvalue weighted by Gasteiger charge is 2.45. The van der Waals surface area contributed by atoms with Gasteiger partial charge in [0.1, 0.15) is 36.7 Å². The predicted molar refractivity (Wildman–Crippen MR) is 390 cm³/mol. The Morgan fingerprint density at radius 3 is 2.22 bits per heavy atom. The highest BCUT2D eigenvalue weighted by molar-refractivity contribution is 5.98. The van der Waals surface area contributed by atoms with Gasteiger partial charge in [-0.15, -0.1) is 0 Å². The maximum absolute atomic E-state index is 13.8. The first-order valence-corrected chi connectivity index (χ1v) is 34.8. The molecule has 0 unspecified atom stereocenters. The summed E-state index contributed by atoms with van der Waals surface area (Å²) in [5, 5.41) is 29.5. The fourth-order valence-corrected chi connectivity index (χ4v) is 13.2. The van der Waals surface area contributed by atoms with E-state index in [1.54, 1.807) is 60.3 Å². The zero-order valence-electron chi connectivity index (χ0n) is 58.8. The molecular weight excluding hydrogens is 1350 g/mol. The number of nitrogens with zero attached hydrogens (tertiary/aromatic N) is 7. The molecule has 2 saturated heterocycles. The molecule has 30 heteroatoms. The van der Waals surface area contributed by atoms with Gasteiger partial charge in [-0.05, 0) is 98.5 Å². The van der Waals surface area contributed by atoms with Crippen LogP contribution in [-0.4, -0.2) is 183 Å². The van der Waals surface area contributed by atoms with Crippen LogP contribution in [0.3, 0.4) is 0 Å². The third-order valence-corrected chi connectivity index (χ3v) is 19.1. The monoisotopic (exact) mass is 1430 g/mol. The van der Waals surface area contributed by atoms with Crippen molar-refractivity contribution in [2.24, 2.45) is 12.8 Å². The van der Waals surface area contributed by atoms with Crippen molar-refractivity contribution in [1.82, 2.24) is 70.8 Å². The van der Waals surface area contributed by atoms with E-state index >= 15 is 0 Å². The number of likely N-dealkylation sites (tertiary alicyclic amines) is 1. The van der Waals surface area contributed by atoms with Crippen LogP contribution in [0.4, 0.5) is 5.95 Å². The van der Waals surface area contributed by atoms with E-state index < -0.39 is 96.5 Å². The molecule has 0 bridgehead atoms. The Labute approximate surface area is 603 Å². The summed E-state index contributed by atoms with van der Waals surface area (Å²) in [5.74, 6) is 2.02. The van der Waals surface area contributed by atoms with Crippen molar-refractivity contribution >= 4 is 69.2 Å². The Balaban J connectivity index is 0.772. The summed E-state index contributed by atoms with van der Waals surface area (Å²) in [6.45, 7) is 4.56. The van der Waals surface area contributed by atoms with Crippen molar-refractivity contribution in [3.8, 4) is 34.4 Å². The maximum Gasteiger partial charge on any atom is 0.337 e. The molecule has 11 rings (SSSR count). The Hall–Kier alpha value is -11.4. The average molecular weight is 1440 g/mol. The number of aromatic amines is 1. The number of hydrogen-bond donors (Lipinski definition) is 10. The van der Waals surface area contributed by atoms with E-state index in [9.17, 15) is 53.1 Å². The normalized spacial score (nSPS) is 15.6. The lowest BCUT2D eigenvalue weighted by atomic mass is 9.87. The van der Waals surface area contributed by atoms with Crippen LogP contribution in [0.5, 0.6) is 5.75 Å². The topological polar surface area (TPSA) is 392 Å². The second kappa shape index (κ2) is 33.8. The number of nitrogens with one attached hydrogen (secondary N) is 8. The zero-order chi connectivity index (χ0) is 74.4. The summed E-state index contributed by atoms with van der Waals surface area (Å²) in [4.78, 5) is 147. The van der Waals surface area contributed by atoms with Crippen LogP contribution >= 0.6 is 0 Å². The number of carbonyl (C=O) groups is 7. The third kappa shape index (κ3) is 18.5. The molecule has 8 aromatic rings. The van der Waals surface area contributed by atoms with E-state index in [2.05, 4.69) is 70.8 Å². The number of carbonyl (C=O) groups excluding carboxylic acids is 6. The van der Waals surface area contributed by atoms with Crippen LogP contribution in [0.25, 0.3) is 38.6 Å². The number of fused-ring (bicyclic) bond motifs is 2. The van der Waals surface area contributed by atoms with Crippen molar-refractivity contribution in [3.05, 3.63) is 181 Å². The van der Waals surface area contributed by atoms with E-state index in [-0.39, 0.29) is 49.2 Å². The number of piperidine rings is 2. The molecule has 1 aliphatic carbocycles. The Bertz CT molecular complexity index is 4760. The number of hydrogen-bond acceptors (Lipinski definition) is 19. The molecule has 30 nitrogen and oxygen atoms in total. The van der Waals surface area contributed by atoms with Gasteiger partial charge in [-0.3, -0.25) is 47.7 Å². The van der Waals surface area contributed by atoms with E-state index in [1.807, 2.05) is 66.9 Å². The van der Waals surface area contributed by atoms with Gasteiger partial charge in [0, 0.05) is 105 Å². The van der Waals surface area contributed by atoms with Crippen LogP contribution in [0.1, 0.15) is 81.2 Å². The summed E-state index contributed by atoms with van der Waals surface area (Å²) in [6.07, 6.45) is 9.08. The van der Waals surface area contributed by atoms with E-state index in [0.29, 0.717) is 65.1 Å². The van der Waals surface area contributed by atoms with Gasteiger partial charge in [0.15, 0.2) is 5.60 Å². The van der Waals surface area contributed by atoms with Gasteiger partial charge in [-0.25, -0.2) is 19.3 Å². The number of carboxylic acids is 1. The number of carboxylic acid groups (broad SMARTS) is 1. The molecule has 6 heterocycles. The van der Waals surface area contributed by atoms with Crippen LogP contribution in [0.15, 0.2) is 142 Å². The number of aliphatic carboxylic acids is 1. The lowest BCUT2D eigenvalue weighted by molar-refractivity contribution is -0.140. The fourth-order valence-electron chi connectivity index (χ4n) is 13.2. The highest BCUT2D eigenvalue weighted by atomic mass is 16.6. The first-order valence-electron chi connectivity index (χ1n) is 34.8. The smallest absolute Gasteiger partial charge is 0.337 e. The summed E-state index contributed by atoms with van der Waals surface area (Å²) >= 11 is 0. The quantitative estimate of drug-likeness (QED) is 0.0174. The largest absolute Gasteiger partial charge is 0.495 e. The van der Waals surface area contributed by atoms with Crippen LogP contribution in [-0.2, 0) is 68.8 Å². The first-order chi connectivity index (χ1) is 50.6. The molecule has 6 amide bonds.